The molecule has 2 heterocycles. The number of likely N-dealkylation sites (tertiary alicyclic amines) is 1. The molecule has 2 aromatic carbocycles. The third-order valence-electron chi connectivity index (χ3n) is 3.26. The summed E-state index contributed by atoms with van der Waals surface area (Å²) in [7, 11) is 0. The van der Waals surface area contributed by atoms with Crippen LogP contribution in [0.3, 0.4) is 0 Å². The first-order chi connectivity index (χ1) is 15.8. The molecule has 0 N–H and O–H groups in total. The number of hydrogen-bond acceptors (Lipinski definition) is 2. The summed E-state index contributed by atoms with van der Waals surface area (Å²) in [5, 5.41) is 0.332. The number of nitrogens with zero attached hydrogens (tertiary/aromatic N) is 3. The topological polar surface area (TPSA) is 21.1 Å². The summed E-state index contributed by atoms with van der Waals surface area (Å²) in [4.78, 5) is 4.00. The summed E-state index contributed by atoms with van der Waals surface area (Å²) in [5.74, 6) is -0.764. The first kappa shape index (κ1) is 6.58. The van der Waals surface area contributed by atoms with Crippen molar-refractivity contribution in [2.75, 3.05) is 13.0 Å². The zero-order chi connectivity index (χ0) is 26.4. The van der Waals surface area contributed by atoms with E-state index in [2.05, 4.69) is 4.98 Å². The highest BCUT2D eigenvalue weighted by Crippen LogP contribution is 2.21. The van der Waals surface area contributed by atoms with E-state index in [1.165, 1.54) is 36.4 Å². The lowest BCUT2D eigenvalue weighted by atomic mass is 10.2. The standard InChI is InChI=1S/C19H20ClN3/c20-16-9-7-15(8-10-16)13-23-18-6-2-1-5-17(18)21-19(23)14-22-11-3-4-12-22/h1-2,5-10H,3-4,11-14H2/i3D2,4D2,11D2,12D2,13D2,14D2. The molecule has 23 heavy (non-hydrogen) atoms. The van der Waals surface area contributed by atoms with E-state index in [4.69, 9.17) is 28.1 Å². The highest BCUT2D eigenvalue weighted by Gasteiger charge is 2.17. The fourth-order valence-electron chi connectivity index (χ4n) is 2.22. The Bertz CT molecular complexity index is 1260. The van der Waals surface area contributed by atoms with Gasteiger partial charge in [-0.25, -0.2) is 4.98 Å². The number of imidazole rings is 1. The van der Waals surface area contributed by atoms with Crippen LogP contribution < -0.4 is 0 Å². The minimum atomic E-state index is -3.49. The van der Waals surface area contributed by atoms with Gasteiger partial charge in [0.05, 0.1) is 23.0 Å². The van der Waals surface area contributed by atoms with Crippen LogP contribution in [0.5, 0.6) is 0 Å². The Kier molecular flexibility index (Phi) is 1.81. The van der Waals surface area contributed by atoms with E-state index >= 15 is 0 Å². The zero-order valence-electron chi connectivity index (χ0n) is 23.8. The summed E-state index contributed by atoms with van der Waals surface area (Å²) in [5.41, 5.74) is 0.272. The molecular weight excluding hydrogens is 306 g/mol. The Morgan fingerprint density at radius 1 is 1.04 bits per heavy atom. The van der Waals surface area contributed by atoms with E-state index in [0.717, 1.165) is 4.57 Å². The largest absolute Gasteiger partial charge is 0.322 e. The Morgan fingerprint density at radius 2 is 1.78 bits per heavy atom. The van der Waals surface area contributed by atoms with Gasteiger partial charge in [0.1, 0.15) is 5.82 Å². The molecule has 0 atom stereocenters. The molecule has 0 bridgehead atoms. The van der Waals surface area contributed by atoms with Gasteiger partial charge in [-0.15, -0.1) is 0 Å². The van der Waals surface area contributed by atoms with E-state index in [9.17, 15) is 0 Å². The molecule has 0 saturated carbocycles. The van der Waals surface area contributed by atoms with Gasteiger partial charge in [-0.1, -0.05) is 35.9 Å². The van der Waals surface area contributed by atoms with Crippen molar-refractivity contribution in [2.24, 2.45) is 0 Å². The van der Waals surface area contributed by atoms with E-state index in [0.29, 0.717) is 5.02 Å². The van der Waals surface area contributed by atoms with Crippen molar-refractivity contribution in [1.82, 2.24) is 14.5 Å². The molecule has 0 spiro atoms. The van der Waals surface area contributed by atoms with Crippen LogP contribution in [0.2, 0.25) is 5.02 Å². The predicted molar refractivity (Wildman–Crippen MR) is 94.8 cm³/mol. The number of benzene rings is 2. The first-order valence-corrected chi connectivity index (χ1v) is 7.25. The summed E-state index contributed by atoms with van der Waals surface area (Å²) in [6.07, 6.45) is -6.94. The minimum absolute atomic E-state index is 0.0419. The van der Waals surface area contributed by atoms with Crippen molar-refractivity contribution in [3.05, 3.63) is 64.9 Å². The van der Waals surface area contributed by atoms with Gasteiger partial charge >= 0.3 is 0 Å². The van der Waals surface area contributed by atoms with Crippen molar-refractivity contribution < 1.29 is 16.4 Å². The fourth-order valence-corrected chi connectivity index (χ4v) is 2.35. The summed E-state index contributed by atoms with van der Waals surface area (Å²) >= 11 is 5.93. The molecule has 3 aromatic rings. The van der Waals surface area contributed by atoms with Crippen molar-refractivity contribution in [3.63, 3.8) is 0 Å². The molecule has 0 radical (unpaired) electrons. The molecule has 4 heteroatoms. The van der Waals surface area contributed by atoms with E-state index in [1.54, 1.807) is 12.1 Å². The van der Waals surface area contributed by atoms with Crippen molar-refractivity contribution in [1.29, 1.82) is 0 Å². The van der Waals surface area contributed by atoms with Gasteiger partial charge in [0.2, 0.25) is 0 Å². The monoisotopic (exact) mass is 337 g/mol. The number of fused-ring (bicyclic) bond motifs is 1. The van der Waals surface area contributed by atoms with Gasteiger partial charge in [0.15, 0.2) is 0 Å². The molecule has 1 aromatic heterocycles. The average Bonchev–Trinajstić information content (AvgIpc) is 3.17. The second-order valence-electron chi connectivity index (χ2n) is 4.80. The Balaban J connectivity index is 2.03. The lowest BCUT2D eigenvalue weighted by Crippen LogP contribution is -2.21. The van der Waals surface area contributed by atoms with E-state index < -0.39 is 44.6 Å². The first-order valence-electron chi connectivity index (χ1n) is 12.9. The number of aromatic nitrogens is 2. The third-order valence-corrected chi connectivity index (χ3v) is 3.51. The molecule has 1 fully saturated rings. The van der Waals surface area contributed by atoms with E-state index in [1.807, 2.05) is 0 Å². The Hall–Kier alpha value is -1.84. The molecule has 0 unspecified atom stereocenters. The van der Waals surface area contributed by atoms with Crippen molar-refractivity contribution >= 4 is 22.6 Å². The third kappa shape index (κ3) is 3.12. The smallest absolute Gasteiger partial charge is 0.124 e. The lowest BCUT2D eigenvalue weighted by molar-refractivity contribution is 0.318. The molecule has 0 amide bonds. The maximum absolute atomic E-state index is 8.85. The van der Waals surface area contributed by atoms with Gasteiger partial charge < -0.3 is 4.57 Å². The quantitative estimate of drug-likeness (QED) is 0.706. The Labute approximate surface area is 158 Å². The molecule has 1 aliphatic heterocycles. The predicted octanol–water partition coefficient (Wildman–Crippen LogP) is 4.33. The van der Waals surface area contributed by atoms with Crippen LogP contribution in [0.25, 0.3) is 11.0 Å². The number of halogens is 1. The average molecular weight is 338 g/mol. The SMILES string of the molecule is [2H]C([2H])(c1nc2ccccc2n1C([2H])([2H])c1ccc(Cl)cc1)N1C([2H])([2H])C([2H])([2H])C([2H])([2H])C1([2H])[2H]. The normalized spacial score (nSPS) is 33.3. The second kappa shape index (κ2) is 6.34. The molecule has 0 aliphatic carbocycles. The minimum Gasteiger partial charge on any atom is -0.322 e. The molecular formula is C19H20ClN3. The van der Waals surface area contributed by atoms with Crippen LogP contribution in [0.15, 0.2) is 48.5 Å². The molecule has 3 nitrogen and oxygen atoms in total. The molecule has 4 rings (SSSR count). The van der Waals surface area contributed by atoms with Crippen molar-refractivity contribution in [3.8, 4) is 0 Å². The summed E-state index contributed by atoms with van der Waals surface area (Å²) < 4.78 is 101. The number of rotatable bonds is 4. The number of hydrogen-bond donors (Lipinski definition) is 0. The van der Waals surface area contributed by atoms with E-state index in [-0.39, 0.29) is 21.5 Å². The van der Waals surface area contributed by atoms with Crippen LogP contribution in [0, 0.1) is 0 Å². The van der Waals surface area contributed by atoms with Gasteiger partial charge in [-0.2, -0.15) is 0 Å². The van der Waals surface area contributed by atoms with Crippen LogP contribution in [0.4, 0.5) is 0 Å². The Morgan fingerprint density at radius 3 is 2.57 bits per heavy atom. The molecule has 1 aliphatic rings. The van der Waals surface area contributed by atoms with Crippen molar-refractivity contribution in [2.45, 2.75) is 25.7 Å². The highest BCUT2D eigenvalue weighted by atomic mass is 35.5. The fraction of sp³-hybridized carbons (Fsp3) is 0.316. The molecule has 118 valence electrons. The lowest BCUT2D eigenvalue weighted by Gasteiger charge is -2.16. The second-order valence-corrected chi connectivity index (χ2v) is 5.24. The van der Waals surface area contributed by atoms with Crippen LogP contribution in [-0.4, -0.2) is 27.4 Å². The summed E-state index contributed by atoms with van der Waals surface area (Å²) in [6.45, 7) is -12.8. The zero-order valence-corrected chi connectivity index (χ0v) is 12.6. The van der Waals surface area contributed by atoms with Gasteiger partial charge in [-0.3, -0.25) is 4.90 Å². The maximum Gasteiger partial charge on any atom is 0.124 e. The van der Waals surface area contributed by atoms with Gasteiger partial charge in [0.25, 0.3) is 0 Å². The van der Waals surface area contributed by atoms with Gasteiger partial charge in [-0.05, 0) is 55.6 Å². The maximum atomic E-state index is 8.85. The molecule has 1 saturated heterocycles. The van der Waals surface area contributed by atoms with Crippen LogP contribution in [0.1, 0.15) is 40.6 Å². The highest BCUT2D eigenvalue weighted by molar-refractivity contribution is 6.30. The van der Waals surface area contributed by atoms with Crippen LogP contribution in [-0.2, 0) is 13.0 Å². The number of para-hydroxylation sites is 2. The van der Waals surface area contributed by atoms with Crippen LogP contribution >= 0.6 is 11.6 Å². The van der Waals surface area contributed by atoms with Gasteiger partial charge in [0, 0.05) is 22.5 Å². The summed E-state index contributed by atoms with van der Waals surface area (Å²) in [6, 6.07) is 11.7.